The Labute approximate surface area is 355 Å². The van der Waals surface area contributed by atoms with Gasteiger partial charge in [-0.3, -0.25) is 24.0 Å². The molecule has 8 atom stereocenters. The van der Waals surface area contributed by atoms with E-state index < -0.39 is 108 Å². The second-order valence-electron chi connectivity index (χ2n) is 17.9. The molecule has 18 heteroatoms. The van der Waals surface area contributed by atoms with Crippen LogP contribution in [-0.4, -0.2) is 125 Å². The lowest BCUT2D eigenvalue weighted by molar-refractivity contribution is -0.218. The Hall–Kier alpha value is -4.88. The molecule has 2 aromatic carbocycles. The standard InChI is InChI=1S/C44H50F3N3O12/c1-41(2,3)59-33(53)17-15-29(23-51)48-38(54)30-9-6-18-49(30)40(56)43-21-31-34-35(61-42(60-34)19-27-7-4-5-8-28(27)20-42)37(43)62-50(36(43)39(55)58-31)22-26-12-10-25(11-13-26)14-16-32(52)57-24-44(45,46)47/h4-5,7-8,10-14,16,29-31,34-37,51H,6,9,15,17-24H2,1-3H3,(H,48,54)/t29-,30+,31+,34-,35-,36-,37+,43-/m0/s1. The number of nitrogens with one attached hydrogen (secondary N) is 1. The molecule has 4 saturated heterocycles. The Balaban J connectivity index is 1.05. The minimum absolute atomic E-state index is 0.0118. The number of benzene rings is 2. The molecular formula is C44H50F3N3O12. The molecular weight excluding hydrogens is 819 g/mol. The van der Waals surface area contributed by atoms with Crippen molar-refractivity contribution in [3.8, 4) is 0 Å². The first kappa shape index (κ1) is 43.8. The molecule has 2 aromatic rings. The molecule has 15 nitrogen and oxygen atoms in total. The summed E-state index contributed by atoms with van der Waals surface area (Å²) >= 11 is 0. The van der Waals surface area contributed by atoms with Gasteiger partial charge < -0.3 is 39.0 Å². The predicted octanol–water partition coefficient (Wildman–Crippen LogP) is 3.47. The van der Waals surface area contributed by atoms with Gasteiger partial charge in [-0.15, -0.1) is 0 Å². The highest BCUT2D eigenvalue weighted by atomic mass is 19.4. The van der Waals surface area contributed by atoms with E-state index in [1.54, 1.807) is 45.0 Å². The van der Waals surface area contributed by atoms with Crippen LogP contribution < -0.4 is 5.32 Å². The normalized spacial score (nSPS) is 29.0. The van der Waals surface area contributed by atoms with Crippen LogP contribution in [-0.2, 0) is 71.9 Å². The van der Waals surface area contributed by atoms with Gasteiger partial charge in [0.15, 0.2) is 18.4 Å². The van der Waals surface area contributed by atoms with Crippen molar-refractivity contribution in [1.29, 1.82) is 0 Å². The van der Waals surface area contributed by atoms with Gasteiger partial charge >= 0.3 is 24.1 Å². The summed E-state index contributed by atoms with van der Waals surface area (Å²) in [5, 5.41) is 14.4. The Kier molecular flexibility index (Phi) is 11.8. The van der Waals surface area contributed by atoms with Crippen LogP contribution in [0.2, 0.25) is 0 Å². The first-order valence-corrected chi connectivity index (χ1v) is 20.9. The van der Waals surface area contributed by atoms with Crippen molar-refractivity contribution in [2.45, 2.75) is 132 Å². The van der Waals surface area contributed by atoms with Gasteiger partial charge in [-0.05, 0) is 68.4 Å². The summed E-state index contributed by atoms with van der Waals surface area (Å²) in [6, 6.07) is 11.5. The van der Waals surface area contributed by atoms with E-state index in [-0.39, 0.29) is 32.4 Å². The zero-order chi connectivity index (χ0) is 44.2. The van der Waals surface area contributed by atoms with Crippen LogP contribution in [0.5, 0.6) is 0 Å². The maximum absolute atomic E-state index is 15.4. The van der Waals surface area contributed by atoms with Crippen LogP contribution in [0.1, 0.15) is 75.1 Å². The summed E-state index contributed by atoms with van der Waals surface area (Å²) in [4.78, 5) is 76.1. The molecule has 0 radical (unpaired) electrons. The van der Waals surface area contributed by atoms with Crippen molar-refractivity contribution in [1.82, 2.24) is 15.3 Å². The molecule has 4 heterocycles. The van der Waals surface area contributed by atoms with Crippen LogP contribution in [0, 0.1) is 5.41 Å². The van der Waals surface area contributed by atoms with Crippen LogP contribution in [0.4, 0.5) is 13.2 Å². The third-order valence-electron chi connectivity index (χ3n) is 12.3. The van der Waals surface area contributed by atoms with Gasteiger partial charge in [0, 0.05) is 38.3 Å². The minimum Gasteiger partial charge on any atom is -0.460 e. The third kappa shape index (κ3) is 8.71. The van der Waals surface area contributed by atoms with Crippen LogP contribution in [0.15, 0.2) is 54.6 Å². The zero-order valence-electron chi connectivity index (χ0n) is 34.6. The van der Waals surface area contributed by atoms with Gasteiger partial charge in [-0.2, -0.15) is 18.2 Å². The number of carbonyl (C=O) groups is 5. The predicted molar refractivity (Wildman–Crippen MR) is 209 cm³/mol. The summed E-state index contributed by atoms with van der Waals surface area (Å²) < 4.78 is 66.7. The Bertz CT molecular complexity index is 2080. The van der Waals surface area contributed by atoms with Gasteiger partial charge in [0.1, 0.15) is 41.5 Å². The lowest BCUT2D eigenvalue weighted by atomic mass is 9.62. The SMILES string of the molecule is CC(C)(C)OC(=O)CC[C@@H](CO)NC(=O)[C@H]1CCCN1C(=O)[C@@]12C[C@H]3OC(=O)[C@@H]1N(Cc1ccc(C=CC(=O)OCC(F)(F)F)cc1)O[C@@H]2[C@H]1OC2(Cc4ccccc4C2)O[C@H]13. The summed E-state index contributed by atoms with van der Waals surface area (Å²) in [6.45, 7) is 3.27. The molecule has 334 valence electrons. The maximum Gasteiger partial charge on any atom is 0.422 e. The lowest BCUT2D eigenvalue weighted by Gasteiger charge is -2.50. The molecule has 2 aliphatic carbocycles. The van der Waals surface area contributed by atoms with E-state index in [9.17, 15) is 37.5 Å². The van der Waals surface area contributed by atoms with Crippen molar-refractivity contribution in [3.63, 3.8) is 0 Å². The fourth-order valence-electron chi connectivity index (χ4n) is 9.76. The largest absolute Gasteiger partial charge is 0.460 e. The highest BCUT2D eigenvalue weighted by molar-refractivity contribution is 5.96. The molecule has 4 aliphatic heterocycles. The minimum atomic E-state index is -4.66. The number of rotatable bonds is 12. The molecule has 0 aromatic heterocycles. The number of fused-ring (bicyclic) bond motifs is 5. The summed E-state index contributed by atoms with van der Waals surface area (Å²) in [5.74, 6) is -4.40. The Morgan fingerprint density at radius 1 is 1.02 bits per heavy atom. The molecule has 2 amide bonds. The van der Waals surface area contributed by atoms with Crippen molar-refractivity contribution in [2.24, 2.45) is 5.41 Å². The van der Waals surface area contributed by atoms with E-state index >= 15 is 4.79 Å². The highest BCUT2D eigenvalue weighted by Crippen LogP contribution is 2.59. The van der Waals surface area contributed by atoms with Crippen molar-refractivity contribution in [2.75, 3.05) is 19.8 Å². The molecule has 1 spiro atoms. The maximum atomic E-state index is 15.4. The van der Waals surface area contributed by atoms with Gasteiger partial charge in [-0.1, -0.05) is 48.5 Å². The molecule has 0 unspecified atom stereocenters. The quantitative estimate of drug-likeness (QED) is 0.180. The number of carbonyl (C=O) groups excluding carboxylic acids is 5. The second-order valence-corrected chi connectivity index (χ2v) is 17.9. The van der Waals surface area contributed by atoms with Crippen LogP contribution >= 0.6 is 0 Å². The average Bonchev–Trinajstić information content (AvgIpc) is 4.00. The van der Waals surface area contributed by atoms with Gasteiger partial charge in [0.05, 0.1) is 19.2 Å². The number of hydrogen-bond donors (Lipinski definition) is 2. The first-order chi connectivity index (χ1) is 29.4. The van der Waals surface area contributed by atoms with E-state index in [0.29, 0.717) is 36.8 Å². The van der Waals surface area contributed by atoms with Crippen molar-refractivity contribution >= 4 is 35.8 Å². The summed E-state index contributed by atoms with van der Waals surface area (Å²) in [6.07, 6.45) is -4.21. The fraction of sp³-hybridized carbons (Fsp3) is 0.568. The molecule has 6 aliphatic rings. The van der Waals surface area contributed by atoms with Gasteiger partial charge in [-0.25, -0.2) is 4.79 Å². The number of aliphatic hydroxyl groups excluding tert-OH is 1. The summed E-state index contributed by atoms with van der Waals surface area (Å²) in [5.41, 5.74) is 0.941. The summed E-state index contributed by atoms with van der Waals surface area (Å²) in [7, 11) is 0. The third-order valence-corrected chi connectivity index (χ3v) is 12.3. The van der Waals surface area contributed by atoms with Crippen LogP contribution in [0.3, 0.4) is 0 Å². The molecule has 62 heavy (non-hydrogen) atoms. The number of hydrogen-bond acceptors (Lipinski definition) is 13. The van der Waals surface area contributed by atoms with Crippen molar-refractivity contribution in [3.05, 3.63) is 76.9 Å². The van der Waals surface area contributed by atoms with E-state index in [0.717, 1.165) is 17.2 Å². The number of amides is 2. The highest BCUT2D eigenvalue weighted by Gasteiger charge is 2.77. The van der Waals surface area contributed by atoms with E-state index in [1.807, 2.05) is 24.3 Å². The lowest BCUT2D eigenvalue weighted by Crippen LogP contribution is -2.70. The average molecular weight is 870 g/mol. The molecule has 2 bridgehead atoms. The molecule has 5 fully saturated rings. The second kappa shape index (κ2) is 16.7. The molecule has 2 N–H and O–H groups in total. The van der Waals surface area contributed by atoms with E-state index in [2.05, 4.69) is 10.1 Å². The monoisotopic (exact) mass is 869 g/mol. The topological polar surface area (TPSA) is 179 Å². The van der Waals surface area contributed by atoms with Gasteiger partial charge in [0.2, 0.25) is 11.8 Å². The number of hydroxylamine groups is 2. The number of halogens is 3. The Morgan fingerprint density at radius 2 is 1.71 bits per heavy atom. The van der Waals surface area contributed by atoms with E-state index in [1.165, 1.54) is 16.0 Å². The number of aliphatic hydroxyl groups is 1. The molecule has 8 rings (SSSR count). The fourth-order valence-corrected chi connectivity index (χ4v) is 9.76. The van der Waals surface area contributed by atoms with Crippen LogP contribution in [0.25, 0.3) is 6.08 Å². The Morgan fingerprint density at radius 3 is 2.37 bits per heavy atom. The number of esters is 3. The first-order valence-electron chi connectivity index (χ1n) is 20.9. The van der Waals surface area contributed by atoms with E-state index in [4.69, 9.17) is 23.8 Å². The molecule has 1 saturated carbocycles. The number of ether oxygens (including phenoxy) is 5. The number of likely N-dealkylation sites (tertiary alicyclic amines) is 1. The number of nitrogens with zero attached hydrogens (tertiary/aromatic N) is 2. The smallest absolute Gasteiger partial charge is 0.422 e. The number of alkyl halides is 3. The van der Waals surface area contributed by atoms with Gasteiger partial charge in [0.25, 0.3) is 0 Å². The van der Waals surface area contributed by atoms with Crippen molar-refractivity contribution < 1.29 is 70.8 Å². The zero-order valence-corrected chi connectivity index (χ0v) is 34.6.